The highest BCUT2D eigenvalue weighted by Gasteiger charge is 2.27. The third-order valence-electron chi connectivity index (χ3n) is 7.31. The molecule has 1 unspecified atom stereocenters. The zero-order valence-corrected chi connectivity index (χ0v) is 24.4. The fourth-order valence-corrected chi connectivity index (χ4v) is 5.46. The summed E-state index contributed by atoms with van der Waals surface area (Å²) in [6.45, 7) is 4.89. The van der Waals surface area contributed by atoms with Crippen molar-refractivity contribution >= 4 is 28.0 Å². The summed E-state index contributed by atoms with van der Waals surface area (Å²) >= 11 is 0. The molecule has 6 aromatic rings. The number of nitrogens with zero attached hydrogens (tertiary/aromatic N) is 7. The van der Waals surface area contributed by atoms with Crippen molar-refractivity contribution in [2.45, 2.75) is 39.3 Å². The molecule has 7 rings (SSSR count). The van der Waals surface area contributed by atoms with Gasteiger partial charge in [-0.2, -0.15) is 10.5 Å². The van der Waals surface area contributed by atoms with E-state index in [0.717, 1.165) is 31.5 Å². The Kier molecular flexibility index (Phi) is 8.97. The lowest BCUT2D eigenvalue weighted by Gasteiger charge is -2.38. The number of hydrogen-bond donors (Lipinski definition) is 2. The molecule has 44 heavy (non-hydrogen) atoms. The van der Waals surface area contributed by atoms with E-state index in [-0.39, 0.29) is 17.3 Å². The maximum absolute atomic E-state index is 12.6. The van der Waals surface area contributed by atoms with Crippen molar-refractivity contribution in [2.24, 2.45) is 0 Å². The second-order valence-electron chi connectivity index (χ2n) is 9.76. The standard InChI is InChI=1S/C18H17N5O.C13H8N4O.C2H6/c19-10-13-11-20-18-17(13)23(16(24)12-21-18)15-8-4-5-9-22(15)14-6-2-1-3-7-14;14-6-9-7-15-13-12(9)17(11(18)8-16-13)10-4-2-1-3-5-10;1-2/h1-3,6-7,11-12,15,20H,4-5,8-9H2;1-5,7-8,15H;1-2H3. The number of aromatic nitrogens is 6. The number of para-hydroxylation sites is 2. The molecule has 0 aliphatic carbocycles. The Balaban J connectivity index is 0.000000171. The molecular weight excluding hydrogens is 554 g/mol. The Bertz CT molecular complexity index is 2080. The first-order valence-electron chi connectivity index (χ1n) is 14.5. The third kappa shape index (κ3) is 5.59. The summed E-state index contributed by atoms with van der Waals surface area (Å²) in [5.41, 5.74) is 4.43. The van der Waals surface area contributed by atoms with Crippen molar-refractivity contribution < 1.29 is 0 Å². The van der Waals surface area contributed by atoms with Gasteiger partial charge in [-0.05, 0) is 43.5 Å². The van der Waals surface area contributed by atoms with Gasteiger partial charge >= 0.3 is 0 Å². The number of nitrogens with one attached hydrogen (secondary N) is 2. The van der Waals surface area contributed by atoms with Crippen molar-refractivity contribution in [1.82, 2.24) is 29.1 Å². The van der Waals surface area contributed by atoms with E-state index in [9.17, 15) is 14.9 Å². The first-order chi connectivity index (χ1) is 21.6. The summed E-state index contributed by atoms with van der Waals surface area (Å²) in [4.78, 5) is 40.9. The van der Waals surface area contributed by atoms with Crippen molar-refractivity contribution in [1.29, 1.82) is 10.5 Å². The van der Waals surface area contributed by atoms with Gasteiger partial charge in [-0.3, -0.25) is 18.7 Å². The van der Waals surface area contributed by atoms with Gasteiger partial charge in [0, 0.05) is 30.3 Å². The largest absolute Gasteiger partial charge is 0.351 e. The molecule has 11 heteroatoms. The summed E-state index contributed by atoms with van der Waals surface area (Å²) in [6, 6.07) is 23.5. The summed E-state index contributed by atoms with van der Waals surface area (Å²) in [5, 5.41) is 18.5. The number of anilines is 1. The molecule has 1 fully saturated rings. The van der Waals surface area contributed by atoms with Crippen LogP contribution in [0.3, 0.4) is 0 Å². The van der Waals surface area contributed by atoms with Crippen LogP contribution in [0.5, 0.6) is 0 Å². The zero-order chi connectivity index (χ0) is 31.1. The normalized spacial score (nSPS) is 14.1. The second-order valence-corrected chi connectivity index (χ2v) is 9.76. The smallest absolute Gasteiger partial charge is 0.274 e. The highest BCUT2D eigenvalue weighted by molar-refractivity contribution is 5.80. The highest BCUT2D eigenvalue weighted by Crippen LogP contribution is 2.32. The number of H-pyrrole nitrogens is 2. The minimum atomic E-state index is -0.259. The Hall–Kier alpha value is -5.94. The maximum atomic E-state index is 12.6. The molecule has 0 saturated carbocycles. The van der Waals surface area contributed by atoms with Gasteiger partial charge in [0.2, 0.25) is 0 Å². The molecule has 1 atom stereocenters. The second kappa shape index (κ2) is 13.4. The van der Waals surface area contributed by atoms with E-state index in [1.54, 1.807) is 17.0 Å². The molecule has 0 spiro atoms. The van der Waals surface area contributed by atoms with Crippen LogP contribution in [0.1, 0.15) is 50.4 Å². The lowest BCUT2D eigenvalue weighted by molar-refractivity contribution is 0.375. The summed E-state index contributed by atoms with van der Waals surface area (Å²) < 4.78 is 3.21. The first kappa shape index (κ1) is 29.5. The molecule has 4 aromatic heterocycles. The van der Waals surface area contributed by atoms with E-state index in [2.05, 4.69) is 49.1 Å². The minimum absolute atomic E-state index is 0.109. The Morgan fingerprint density at radius 1 is 0.750 bits per heavy atom. The SMILES string of the molecule is CC.N#Cc1c[nH]c2ncc(=O)n(-c3ccccc3)c12.N#Cc1c[nH]c2ncc(=O)n(C3CCCCN3c3ccccc3)c12. The van der Waals surface area contributed by atoms with E-state index in [0.29, 0.717) is 39.1 Å². The van der Waals surface area contributed by atoms with E-state index < -0.39 is 0 Å². The average Bonchev–Trinajstić information content (AvgIpc) is 3.71. The van der Waals surface area contributed by atoms with Gasteiger partial charge in [-0.15, -0.1) is 0 Å². The van der Waals surface area contributed by atoms with E-state index in [4.69, 9.17) is 5.26 Å². The minimum Gasteiger partial charge on any atom is -0.351 e. The summed E-state index contributed by atoms with van der Waals surface area (Å²) in [5.74, 6) is 0. The van der Waals surface area contributed by atoms with Crippen molar-refractivity contribution in [3.05, 3.63) is 117 Å². The molecule has 1 aliphatic heterocycles. The molecule has 1 saturated heterocycles. The molecule has 220 valence electrons. The summed E-state index contributed by atoms with van der Waals surface area (Å²) in [6.07, 6.45) is 8.64. The predicted molar refractivity (Wildman–Crippen MR) is 169 cm³/mol. The molecular formula is C33H31N9O2. The number of piperidine rings is 1. The van der Waals surface area contributed by atoms with Gasteiger partial charge < -0.3 is 14.9 Å². The fraction of sp³-hybridized carbons (Fsp3) is 0.212. The molecule has 0 radical (unpaired) electrons. The predicted octanol–water partition coefficient (Wildman–Crippen LogP) is 5.40. The zero-order valence-electron chi connectivity index (χ0n) is 24.4. The molecule has 5 heterocycles. The van der Waals surface area contributed by atoms with Gasteiger partial charge in [0.15, 0.2) is 11.3 Å². The van der Waals surface area contributed by atoms with Gasteiger partial charge in [0.1, 0.15) is 29.3 Å². The number of benzene rings is 2. The van der Waals surface area contributed by atoms with Gasteiger partial charge in [0.25, 0.3) is 11.1 Å². The van der Waals surface area contributed by atoms with Gasteiger partial charge in [-0.25, -0.2) is 9.97 Å². The number of aromatic amines is 2. The molecule has 0 amide bonds. The Morgan fingerprint density at radius 2 is 1.30 bits per heavy atom. The molecule has 11 nitrogen and oxygen atoms in total. The van der Waals surface area contributed by atoms with Gasteiger partial charge in [0.05, 0.1) is 23.5 Å². The fourth-order valence-electron chi connectivity index (χ4n) is 5.46. The lowest BCUT2D eigenvalue weighted by Crippen LogP contribution is -2.41. The monoisotopic (exact) mass is 585 g/mol. The van der Waals surface area contributed by atoms with Crippen LogP contribution >= 0.6 is 0 Å². The van der Waals surface area contributed by atoms with Crippen molar-refractivity contribution in [3.63, 3.8) is 0 Å². The van der Waals surface area contributed by atoms with Crippen LogP contribution in [-0.4, -0.2) is 35.6 Å². The molecule has 2 N–H and O–H groups in total. The van der Waals surface area contributed by atoms with Crippen molar-refractivity contribution in [3.8, 4) is 17.8 Å². The van der Waals surface area contributed by atoms with Crippen LogP contribution in [0, 0.1) is 22.7 Å². The van der Waals surface area contributed by atoms with E-state index >= 15 is 0 Å². The number of nitriles is 2. The molecule has 0 bridgehead atoms. The van der Waals surface area contributed by atoms with E-state index in [1.165, 1.54) is 17.0 Å². The van der Waals surface area contributed by atoms with Crippen LogP contribution in [0.15, 0.2) is 95.0 Å². The van der Waals surface area contributed by atoms with Crippen molar-refractivity contribution in [2.75, 3.05) is 11.4 Å². The quantitative estimate of drug-likeness (QED) is 0.282. The Labute approximate surface area is 253 Å². The number of hydrogen-bond acceptors (Lipinski definition) is 7. The first-order valence-corrected chi connectivity index (χ1v) is 14.5. The van der Waals surface area contributed by atoms with Crippen LogP contribution in [0.25, 0.3) is 28.0 Å². The topological polar surface area (TPSA) is 152 Å². The lowest BCUT2D eigenvalue weighted by atomic mass is 10.1. The summed E-state index contributed by atoms with van der Waals surface area (Å²) in [7, 11) is 0. The number of fused-ring (bicyclic) bond motifs is 2. The average molecular weight is 586 g/mol. The molecule has 1 aliphatic rings. The highest BCUT2D eigenvalue weighted by atomic mass is 16.1. The van der Waals surface area contributed by atoms with Crippen LogP contribution in [-0.2, 0) is 0 Å². The maximum Gasteiger partial charge on any atom is 0.274 e. The van der Waals surface area contributed by atoms with Crippen LogP contribution in [0.4, 0.5) is 5.69 Å². The third-order valence-corrected chi connectivity index (χ3v) is 7.31. The molecule has 2 aromatic carbocycles. The van der Waals surface area contributed by atoms with Crippen LogP contribution < -0.4 is 16.0 Å². The number of rotatable bonds is 3. The Morgan fingerprint density at radius 3 is 1.91 bits per heavy atom. The van der Waals surface area contributed by atoms with E-state index in [1.807, 2.05) is 62.4 Å². The van der Waals surface area contributed by atoms with Crippen LogP contribution in [0.2, 0.25) is 0 Å². The van der Waals surface area contributed by atoms with Gasteiger partial charge in [-0.1, -0.05) is 50.2 Å².